The molecule has 0 bridgehead atoms. The van der Waals surface area contributed by atoms with Crippen molar-refractivity contribution < 1.29 is 14.6 Å². The number of ether oxygens (including phenoxy) is 2. The lowest BCUT2D eigenvalue weighted by Gasteiger charge is -2.14. The van der Waals surface area contributed by atoms with Crippen LogP contribution in [0.5, 0.6) is 11.5 Å². The molecule has 0 saturated heterocycles. The molecule has 0 aliphatic heterocycles. The van der Waals surface area contributed by atoms with E-state index in [4.69, 9.17) is 9.47 Å². The highest BCUT2D eigenvalue weighted by Crippen LogP contribution is 2.47. The van der Waals surface area contributed by atoms with Crippen LogP contribution in [0.25, 0.3) is 0 Å². The van der Waals surface area contributed by atoms with E-state index in [-0.39, 0.29) is 0 Å². The second kappa shape index (κ2) is 5.17. The van der Waals surface area contributed by atoms with E-state index in [0.717, 1.165) is 24.0 Å². The van der Waals surface area contributed by atoms with E-state index in [2.05, 4.69) is 0 Å². The van der Waals surface area contributed by atoms with Crippen LogP contribution in [0.3, 0.4) is 0 Å². The normalized spacial score (nSPS) is 15.7. The summed E-state index contributed by atoms with van der Waals surface area (Å²) in [6, 6.07) is 15.6. The largest absolute Gasteiger partial charge is 0.493 e. The molecule has 20 heavy (non-hydrogen) atoms. The number of methoxy groups -OCH3 is 1. The van der Waals surface area contributed by atoms with Crippen molar-refractivity contribution in [3.8, 4) is 11.5 Å². The van der Waals surface area contributed by atoms with Crippen LogP contribution in [-0.4, -0.2) is 12.2 Å². The Bertz CT molecular complexity index is 588. The number of benzene rings is 2. The lowest BCUT2D eigenvalue weighted by atomic mass is 10.1. The zero-order valence-corrected chi connectivity index (χ0v) is 11.5. The van der Waals surface area contributed by atoms with Crippen LogP contribution in [0.1, 0.15) is 24.0 Å². The first-order valence-electron chi connectivity index (χ1n) is 6.79. The van der Waals surface area contributed by atoms with Gasteiger partial charge in [0.1, 0.15) is 6.61 Å². The van der Waals surface area contributed by atoms with E-state index >= 15 is 0 Å². The van der Waals surface area contributed by atoms with Gasteiger partial charge in [-0.3, -0.25) is 0 Å². The smallest absolute Gasteiger partial charge is 0.161 e. The van der Waals surface area contributed by atoms with Crippen molar-refractivity contribution in [1.29, 1.82) is 0 Å². The summed E-state index contributed by atoms with van der Waals surface area (Å²) in [5.74, 6) is 1.36. The van der Waals surface area contributed by atoms with Gasteiger partial charge in [-0.25, -0.2) is 0 Å². The molecule has 0 aromatic heterocycles. The second-order valence-electron chi connectivity index (χ2n) is 5.17. The molecule has 0 spiro atoms. The molecule has 0 heterocycles. The number of aliphatic hydroxyl groups is 1. The lowest BCUT2D eigenvalue weighted by molar-refractivity contribution is 0.151. The van der Waals surface area contributed by atoms with Gasteiger partial charge in [0.05, 0.1) is 12.7 Å². The molecule has 0 amide bonds. The molecular formula is C17H18O3. The third kappa shape index (κ3) is 2.63. The first-order valence-corrected chi connectivity index (χ1v) is 6.79. The Labute approximate surface area is 118 Å². The van der Waals surface area contributed by atoms with Gasteiger partial charge in [-0.1, -0.05) is 36.4 Å². The maximum Gasteiger partial charge on any atom is 0.161 e. The average molecular weight is 270 g/mol. The third-order valence-corrected chi connectivity index (χ3v) is 3.66. The summed E-state index contributed by atoms with van der Waals surface area (Å²) in [5.41, 5.74) is 1.37. The maximum absolute atomic E-state index is 10.1. The number of hydrogen-bond donors (Lipinski definition) is 1. The van der Waals surface area contributed by atoms with Crippen molar-refractivity contribution in [2.75, 3.05) is 7.11 Å². The predicted octanol–water partition coefficient (Wildman–Crippen LogP) is 3.26. The first kappa shape index (κ1) is 13.0. The summed E-state index contributed by atoms with van der Waals surface area (Å²) in [4.78, 5) is 0. The van der Waals surface area contributed by atoms with Crippen LogP contribution in [-0.2, 0) is 12.2 Å². The van der Waals surface area contributed by atoms with Crippen molar-refractivity contribution in [3.63, 3.8) is 0 Å². The van der Waals surface area contributed by atoms with Gasteiger partial charge in [0.25, 0.3) is 0 Å². The van der Waals surface area contributed by atoms with Crippen molar-refractivity contribution in [2.24, 2.45) is 0 Å². The highest BCUT2D eigenvalue weighted by Gasteiger charge is 2.42. The molecule has 0 atom stereocenters. The summed E-state index contributed by atoms with van der Waals surface area (Å²) < 4.78 is 11.2. The number of rotatable bonds is 5. The van der Waals surface area contributed by atoms with Crippen LogP contribution in [0.4, 0.5) is 0 Å². The minimum Gasteiger partial charge on any atom is -0.493 e. The summed E-state index contributed by atoms with van der Waals surface area (Å²) in [7, 11) is 1.62. The van der Waals surface area contributed by atoms with Crippen LogP contribution in [0, 0.1) is 0 Å². The molecule has 1 N–H and O–H groups in total. The standard InChI is InChI=1S/C17H18O3/c1-19-16-11-14(17(18)9-10-17)7-8-15(16)20-12-13-5-3-2-4-6-13/h2-8,11,18H,9-10,12H2,1H3. The van der Waals surface area contributed by atoms with Gasteiger partial charge < -0.3 is 14.6 Å². The lowest BCUT2D eigenvalue weighted by Crippen LogP contribution is -2.05. The Hall–Kier alpha value is -2.00. The monoisotopic (exact) mass is 270 g/mol. The van der Waals surface area contributed by atoms with E-state index in [1.807, 2.05) is 48.5 Å². The van der Waals surface area contributed by atoms with Gasteiger partial charge in [-0.05, 0) is 36.1 Å². The molecule has 3 nitrogen and oxygen atoms in total. The minimum absolute atomic E-state index is 0.501. The van der Waals surface area contributed by atoms with Crippen molar-refractivity contribution in [3.05, 3.63) is 59.7 Å². The number of hydrogen-bond acceptors (Lipinski definition) is 3. The van der Waals surface area contributed by atoms with Crippen LogP contribution in [0.2, 0.25) is 0 Å². The topological polar surface area (TPSA) is 38.7 Å². The zero-order valence-electron chi connectivity index (χ0n) is 11.5. The average Bonchev–Trinajstić information content (AvgIpc) is 3.25. The van der Waals surface area contributed by atoms with Crippen LogP contribution >= 0.6 is 0 Å². The molecule has 0 unspecified atom stereocenters. The molecule has 1 fully saturated rings. The van der Waals surface area contributed by atoms with Crippen molar-refractivity contribution >= 4 is 0 Å². The minimum atomic E-state index is -0.648. The van der Waals surface area contributed by atoms with Crippen LogP contribution in [0.15, 0.2) is 48.5 Å². The third-order valence-electron chi connectivity index (χ3n) is 3.66. The zero-order chi connectivity index (χ0) is 14.0. The molecule has 2 aromatic carbocycles. The molecule has 2 aromatic rings. The second-order valence-corrected chi connectivity index (χ2v) is 5.17. The van der Waals surface area contributed by atoms with E-state index in [0.29, 0.717) is 18.1 Å². The van der Waals surface area contributed by atoms with Gasteiger partial charge in [-0.2, -0.15) is 0 Å². The molecular weight excluding hydrogens is 252 g/mol. The summed E-state index contributed by atoms with van der Waals surface area (Å²) in [5, 5.41) is 10.1. The highest BCUT2D eigenvalue weighted by molar-refractivity contribution is 5.45. The predicted molar refractivity (Wildman–Crippen MR) is 76.9 cm³/mol. The molecule has 0 radical (unpaired) electrons. The molecule has 1 aliphatic rings. The fourth-order valence-electron chi connectivity index (χ4n) is 2.22. The Balaban J connectivity index is 1.76. The molecule has 3 rings (SSSR count). The fraction of sp³-hybridized carbons (Fsp3) is 0.294. The molecule has 104 valence electrons. The molecule has 1 aliphatic carbocycles. The van der Waals surface area contributed by atoms with E-state index in [1.165, 1.54) is 0 Å². The van der Waals surface area contributed by atoms with E-state index in [9.17, 15) is 5.11 Å². The Morgan fingerprint density at radius 2 is 1.80 bits per heavy atom. The summed E-state index contributed by atoms with van der Waals surface area (Å²) >= 11 is 0. The van der Waals surface area contributed by atoms with Crippen molar-refractivity contribution in [1.82, 2.24) is 0 Å². The van der Waals surface area contributed by atoms with E-state index < -0.39 is 5.60 Å². The first-order chi connectivity index (χ1) is 9.71. The maximum atomic E-state index is 10.1. The van der Waals surface area contributed by atoms with Gasteiger partial charge in [-0.15, -0.1) is 0 Å². The quantitative estimate of drug-likeness (QED) is 0.906. The Morgan fingerprint density at radius 1 is 1.05 bits per heavy atom. The van der Waals surface area contributed by atoms with E-state index in [1.54, 1.807) is 7.11 Å². The summed E-state index contributed by atoms with van der Waals surface area (Å²) in [6.07, 6.45) is 1.64. The molecule has 1 saturated carbocycles. The fourth-order valence-corrected chi connectivity index (χ4v) is 2.22. The van der Waals surface area contributed by atoms with Gasteiger partial charge in [0.2, 0.25) is 0 Å². The van der Waals surface area contributed by atoms with Gasteiger partial charge in [0, 0.05) is 0 Å². The van der Waals surface area contributed by atoms with Crippen molar-refractivity contribution in [2.45, 2.75) is 25.0 Å². The molecule has 3 heteroatoms. The highest BCUT2D eigenvalue weighted by atomic mass is 16.5. The SMILES string of the molecule is COc1cc(C2(O)CC2)ccc1OCc1ccccc1. The Morgan fingerprint density at radius 3 is 2.45 bits per heavy atom. The summed E-state index contributed by atoms with van der Waals surface area (Å²) in [6.45, 7) is 0.501. The Kier molecular flexibility index (Phi) is 3.36. The van der Waals surface area contributed by atoms with Crippen LogP contribution < -0.4 is 9.47 Å². The van der Waals surface area contributed by atoms with Gasteiger partial charge in [0.15, 0.2) is 11.5 Å². The van der Waals surface area contributed by atoms with Gasteiger partial charge >= 0.3 is 0 Å².